The number of rotatable bonds is 1. The van der Waals surface area contributed by atoms with Crippen molar-refractivity contribution in [3.63, 3.8) is 0 Å². The van der Waals surface area contributed by atoms with Gasteiger partial charge in [0.05, 0.1) is 4.21 Å². The third kappa shape index (κ3) is 0.903. The molecule has 2 heteroatoms. The van der Waals surface area contributed by atoms with Gasteiger partial charge >= 0.3 is 0 Å². The quantitative estimate of drug-likeness (QED) is 0.584. The molecule has 0 fully saturated rings. The van der Waals surface area contributed by atoms with E-state index in [1.165, 1.54) is 19.3 Å². The van der Waals surface area contributed by atoms with Crippen LogP contribution in [0.1, 0.15) is 17.5 Å². The summed E-state index contributed by atoms with van der Waals surface area (Å²) in [6.07, 6.45) is 6.21. The van der Waals surface area contributed by atoms with Crippen LogP contribution in [0.15, 0.2) is 9.59 Å². The van der Waals surface area contributed by atoms with Crippen molar-refractivity contribution in [1.82, 2.24) is 0 Å². The van der Waals surface area contributed by atoms with Gasteiger partial charge in [0, 0.05) is 0 Å². The number of hydrogen-bond donors (Lipinski definition) is 0. The lowest BCUT2D eigenvalue weighted by Gasteiger charge is -1.92. The zero-order valence-electron chi connectivity index (χ0n) is 6.02. The predicted molar refractivity (Wildman–Crippen MR) is 48.1 cm³/mol. The first-order chi connectivity index (χ1) is 4.92. The molecule has 0 saturated heterocycles. The summed E-state index contributed by atoms with van der Waals surface area (Å²) >= 11 is 3.81. The van der Waals surface area contributed by atoms with Crippen LogP contribution in [0, 0.1) is 0 Å². The molecule has 10 heavy (non-hydrogen) atoms. The lowest BCUT2D eigenvalue weighted by Crippen LogP contribution is -1.73. The zero-order valence-corrected chi connectivity index (χ0v) is 7.65. The van der Waals surface area contributed by atoms with Gasteiger partial charge in [-0.25, -0.2) is 0 Å². The Morgan fingerprint density at radius 2 is 2.40 bits per heavy atom. The fourth-order valence-electron chi connectivity index (χ4n) is 1.50. The van der Waals surface area contributed by atoms with Crippen LogP contribution in [-0.2, 0) is 12.8 Å². The van der Waals surface area contributed by atoms with Crippen molar-refractivity contribution in [2.24, 2.45) is 0 Å². The molecule has 0 atom stereocenters. The van der Waals surface area contributed by atoms with Crippen molar-refractivity contribution in [1.29, 1.82) is 0 Å². The van der Waals surface area contributed by atoms with E-state index in [0.717, 1.165) is 0 Å². The highest BCUT2D eigenvalue weighted by Crippen LogP contribution is 2.35. The van der Waals surface area contributed by atoms with Crippen LogP contribution in [0.5, 0.6) is 0 Å². The first kappa shape index (κ1) is 6.74. The fraction of sp³-hybridized carbons (Fsp3) is 0.500. The lowest BCUT2D eigenvalue weighted by molar-refractivity contribution is 0.906. The van der Waals surface area contributed by atoms with Crippen molar-refractivity contribution in [3.05, 3.63) is 16.5 Å². The molecule has 1 aromatic heterocycles. The van der Waals surface area contributed by atoms with E-state index >= 15 is 0 Å². The van der Waals surface area contributed by atoms with Crippen LogP contribution in [0.3, 0.4) is 0 Å². The number of thiophene rings is 1. The second-order valence-electron chi connectivity index (χ2n) is 2.58. The van der Waals surface area contributed by atoms with Crippen LogP contribution >= 0.6 is 23.1 Å². The van der Waals surface area contributed by atoms with Gasteiger partial charge in [0.25, 0.3) is 0 Å². The van der Waals surface area contributed by atoms with E-state index in [1.54, 1.807) is 15.3 Å². The van der Waals surface area contributed by atoms with E-state index in [4.69, 9.17) is 0 Å². The van der Waals surface area contributed by atoms with Crippen molar-refractivity contribution >= 4 is 23.1 Å². The largest absolute Gasteiger partial charge is 0.137 e. The molecule has 0 amide bonds. The average Bonchev–Trinajstić information content (AvgIpc) is 2.44. The van der Waals surface area contributed by atoms with Gasteiger partial charge in [0.1, 0.15) is 0 Å². The van der Waals surface area contributed by atoms with Crippen LogP contribution < -0.4 is 0 Å². The molecule has 1 aliphatic carbocycles. The number of aryl methyl sites for hydroxylation is 1. The molecule has 0 unspecified atom stereocenters. The summed E-state index contributed by atoms with van der Waals surface area (Å²) < 4.78 is 1.55. The molecule has 0 bridgehead atoms. The Labute approximate surface area is 69.6 Å². The van der Waals surface area contributed by atoms with Gasteiger partial charge in [0.2, 0.25) is 0 Å². The highest BCUT2D eigenvalue weighted by atomic mass is 32.2. The van der Waals surface area contributed by atoms with Crippen molar-refractivity contribution in [2.45, 2.75) is 23.5 Å². The Morgan fingerprint density at radius 3 is 3.20 bits per heavy atom. The van der Waals surface area contributed by atoms with E-state index in [0.29, 0.717) is 0 Å². The van der Waals surface area contributed by atoms with Gasteiger partial charge in [-0.1, -0.05) is 0 Å². The number of thioether (sulfide) groups is 1. The summed E-state index contributed by atoms with van der Waals surface area (Å²) in [7, 11) is 0. The molecule has 0 radical (unpaired) electrons. The minimum Gasteiger partial charge on any atom is -0.137 e. The van der Waals surface area contributed by atoms with Crippen LogP contribution in [-0.4, -0.2) is 6.26 Å². The maximum Gasteiger partial charge on any atom is 0.0630 e. The third-order valence-electron chi connectivity index (χ3n) is 2.00. The molecule has 0 saturated carbocycles. The fourth-order valence-corrected chi connectivity index (χ4v) is 3.39. The molecule has 1 heterocycles. The van der Waals surface area contributed by atoms with E-state index in [-0.39, 0.29) is 0 Å². The molecule has 1 aliphatic rings. The zero-order chi connectivity index (χ0) is 6.97. The van der Waals surface area contributed by atoms with E-state index in [9.17, 15) is 0 Å². The Morgan fingerprint density at radius 1 is 1.50 bits per heavy atom. The minimum absolute atomic E-state index is 1.33. The molecule has 2 rings (SSSR count). The second kappa shape index (κ2) is 2.59. The average molecular weight is 170 g/mol. The Hall–Kier alpha value is 0.0500. The molecule has 0 spiro atoms. The topological polar surface area (TPSA) is 0 Å². The Bertz CT molecular complexity index is 237. The van der Waals surface area contributed by atoms with Gasteiger partial charge in [-0.15, -0.1) is 23.1 Å². The SMILES string of the molecule is CSc1scc2c1CCC2. The summed E-state index contributed by atoms with van der Waals surface area (Å²) in [6, 6.07) is 0. The standard InChI is InChI=1S/C8H10S2/c1-9-8-7-4-2-3-6(7)5-10-8/h5H,2-4H2,1H3. The molecule has 0 N–H and O–H groups in total. The highest BCUT2D eigenvalue weighted by Gasteiger charge is 2.15. The summed E-state index contributed by atoms with van der Waals surface area (Å²) in [5, 5.41) is 2.33. The first-order valence-corrected chi connectivity index (χ1v) is 5.65. The maximum atomic E-state index is 2.33. The summed E-state index contributed by atoms with van der Waals surface area (Å²) in [5.41, 5.74) is 3.27. The minimum atomic E-state index is 1.33. The lowest BCUT2D eigenvalue weighted by atomic mass is 10.2. The van der Waals surface area contributed by atoms with E-state index in [2.05, 4.69) is 11.6 Å². The molecule has 0 nitrogen and oxygen atoms in total. The summed E-state index contributed by atoms with van der Waals surface area (Å²) in [4.78, 5) is 0. The second-order valence-corrected chi connectivity index (χ2v) is 4.54. The molecule has 54 valence electrons. The van der Waals surface area contributed by atoms with Crippen molar-refractivity contribution in [2.75, 3.05) is 6.26 Å². The number of hydrogen-bond acceptors (Lipinski definition) is 2. The molecule has 0 aliphatic heterocycles. The predicted octanol–water partition coefficient (Wildman–Crippen LogP) is 2.96. The third-order valence-corrected chi connectivity index (χ3v) is 4.27. The smallest absolute Gasteiger partial charge is 0.0630 e. The van der Waals surface area contributed by atoms with Gasteiger partial charge in [0.15, 0.2) is 0 Å². The van der Waals surface area contributed by atoms with Gasteiger partial charge in [-0.05, 0) is 42.0 Å². The summed E-state index contributed by atoms with van der Waals surface area (Å²) in [5.74, 6) is 0. The first-order valence-electron chi connectivity index (χ1n) is 3.55. The van der Waals surface area contributed by atoms with Crippen molar-refractivity contribution in [3.8, 4) is 0 Å². The van der Waals surface area contributed by atoms with Crippen molar-refractivity contribution < 1.29 is 0 Å². The van der Waals surface area contributed by atoms with Crippen LogP contribution in [0.25, 0.3) is 0 Å². The van der Waals surface area contributed by atoms with Gasteiger partial charge in [-0.2, -0.15) is 0 Å². The maximum absolute atomic E-state index is 2.33. The Balaban J connectivity index is 2.44. The highest BCUT2D eigenvalue weighted by molar-refractivity contribution is 8.00. The summed E-state index contributed by atoms with van der Waals surface area (Å²) in [6.45, 7) is 0. The molecule has 0 aromatic carbocycles. The van der Waals surface area contributed by atoms with Crippen LogP contribution in [0.4, 0.5) is 0 Å². The normalized spacial score (nSPS) is 15.7. The van der Waals surface area contributed by atoms with Crippen LogP contribution in [0.2, 0.25) is 0 Å². The molecule has 1 aromatic rings. The number of fused-ring (bicyclic) bond motifs is 1. The monoisotopic (exact) mass is 170 g/mol. The van der Waals surface area contributed by atoms with Gasteiger partial charge in [-0.3, -0.25) is 0 Å². The molecular weight excluding hydrogens is 160 g/mol. The Kier molecular flexibility index (Phi) is 1.75. The van der Waals surface area contributed by atoms with Gasteiger partial charge < -0.3 is 0 Å². The van der Waals surface area contributed by atoms with E-state index < -0.39 is 0 Å². The van der Waals surface area contributed by atoms with E-state index in [1.807, 2.05) is 23.1 Å². The molecular formula is C8H10S2.